The Morgan fingerprint density at radius 3 is 1.86 bits per heavy atom. The van der Waals surface area contributed by atoms with Crippen LogP contribution in [-0.2, 0) is 0 Å². The van der Waals surface area contributed by atoms with Gasteiger partial charge in [-0.05, 0) is 92.7 Å². The zero-order valence-corrected chi connectivity index (χ0v) is 27.5. The van der Waals surface area contributed by atoms with Gasteiger partial charge in [0.25, 0.3) is 0 Å². The first-order chi connectivity index (χ1) is 25.3. The minimum Gasteiger partial charge on any atom is -0.456 e. The van der Waals surface area contributed by atoms with E-state index in [0.717, 1.165) is 71.7 Å². The number of para-hydroxylation sites is 1. The number of anilines is 3. The van der Waals surface area contributed by atoms with Crippen LogP contribution in [0.25, 0.3) is 87.3 Å². The summed E-state index contributed by atoms with van der Waals surface area (Å²) >= 11 is 0. The fourth-order valence-corrected chi connectivity index (χ4v) is 8.09. The zero-order chi connectivity index (χ0) is 33.5. The molecule has 9 aromatic carbocycles. The van der Waals surface area contributed by atoms with E-state index < -0.39 is 0 Å². The Morgan fingerprint density at radius 1 is 0.353 bits per heavy atom. The molecule has 0 aliphatic carbocycles. The molecule has 11 rings (SSSR count). The second-order valence-corrected chi connectivity index (χ2v) is 13.3. The molecule has 0 aliphatic heterocycles. The van der Waals surface area contributed by atoms with Crippen LogP contribution in [0.2, 0.25) is 0 Å². The Morgan fingerprint density at radius 2 is 1.00 bits per heavy atom. The lowest BCUT2D eigenvalue weighted by Crippen LogP contribution is -2.10. The van der Waals surface area contributed by atoms with E-state index in [-0.39, 0.29) is 0 Å². The summed E-state index contributed by atoms with van der Waals surface area (Å²) in [6.45, 7) is 0. The average molecular weight is 652 g/mol. The molecule has 0 saturated carbocycles. The monoisotopic (exact) mass is 651 g/mol. The Bertz CT molecular complexity index is 3150. The summed E-state index contributed by atoms with van der Waals surface area (Å²) < 4.78 is 13.1. The van der Waals surface area contributed by atoms with Crippen molar-refractivity contribution in [3.63, 3.8) is 0 Å². The van der Waals surface area contributed by atoms with E-state index in [9.17, 15) is 0 Å². The Labute approximate surface area is 293 Å². The van der Waals surface area contributed by atoms with Crippen LogP contribution in [0.3, 0.4) is 0 Å². The first kappa shape index (κ1) is 28.0. The molecule has 2 aromatic heterocycles. The third-order valence-electron chi connectivity index (χ3n) is 10.4. The number of hydrogen-bond acceptors (Lipinski definition) is 3. The van der Waals surface area contributed by atoms with E-state index in [0.29, 0.717) is 0 Å². The number of rotatable bonds is 4. The van der Waals surface area contributed by atoms with Crippen LogP contribution >= 0.6 is 0 Å². The normalized spacial score (nSPS) is 11.9. The number of furan rings is 2. The summed E-state index contributed by atoms with van der Waals surface area (Å²) in [5, 5.41) is 11.7. The van der Waals surface area contributed by atoms with E-state index in [4.69, 9.17) is 8.83 Å². The molecule has 0 aliphatic rings. The van der Waals surface area contributed by atoms with Gasteiger partial charge in [0, 0.05) is 39.0 Å². The molecule has 0 amide bonds. The summed E-state index contributed by atoms with van der Waals surface area (Å²) in [4.78, 5) is 2.33. The molecule has 0 fully saturated rings. The van der Waals surface area contributed by atoms with Crippen molar-refractivity contribution in [1.29, 1.82) is 0 Å². The number of hydrogen-bond donors (Lipinski definition) is 0. The van der Waals surface area contributed by atoms with Gasteiger partial charge in [0.1, 0.15) is 22.3 Å². The van der Waals surface area contributed by atoms with Crippen LogP contribution in [0.15, 0.2) is 185 Å². The van der Waals surface area contributed by atoms with Crippen molar-refractivity contribution in [2.24, 2.45) is 0 Å². The molecular formula is C48H29NO2. The average Bonchev–Trinajstić information content (AvgIpc) is 3.77. The van der Waals surface area contributed by atoms with Gasteiger partial charge in [-0.2, -0.15) is 0 Å². The first-order valence-corrected chi connectivity index (χ1v) is 17.3. The summed E-state index contributed by atoms with van der Waals surface area (Å²) in [5.41, 5.74) is 8.99. The third-order valence-corrected chi connectivity index (χ3v) is 10.4. The van der Waals surface area contributed by atoms with Gasteiger partial charge in [0.15, 0.2) is 0 Å². The molecule has 3 nitrogen and oxygen atoms in total. The zero-order valence-electron chi connectivity index (χ0n) is 27.5. The van der Waals surface area contributed by atoms with Gasteiger partial charge in [-0.3, -0.25) is 0 Å². The molecule has 0 N–H and O–H groups in total. The van der Waals surface area contributed by atoms with Crippen LogP contribution in [0.5, 0.6) is 0 Å². The largest absolute Gasteiger partial charge is 0.456 e. The van der Waals surface area contributed by atoms with Gasteiger partial charge < -0.3 is 13.7 Å². The number of nitrogens with zero attached hydrogens (tertiary/aromatic N) is 1. The number of benzene rings is 9. The fourth-order valence-electron chi connectivity index (χ4n) is 8.09. The van der Waals surface area contributed by atoms with Crippen molar-refractivity contribution in [2.45, 2.75) is 0 Å². The van der Waals surface area contributed by atoms with Crippen molar-refractivity contribution in [3.8, 4) is 11.1 Å². The van der Waals surface area contributed by atoms with E-state index in [1.54, 1.807) is 0 Å². The highest BCUT2D eigenvalue weighted by atomic mass is 16.3. The summed E-state index contributed by atoms with van der Waals surface area (Å²) in [6.07, 6.45) is 0. The molecular weight excluding hydrogens is 623 g/mol. The lowest BCUT2D eigenvalue weighted by Gasteiger charge is -2.26. The Balaban J connectivity index is 1.14. The highest BCUT2D eigenvalue weighted by Crippen LogP contribution is 2.46. The maximum atomic E-state index is 6.65. The molecule has 0 saturated heterocycles. The molecule has 0 radical (unpaired) electrons. The quantitative estimate of drug-likeness (QED) is 0.177. The smallest absolute Gasteiger partial charge is 0.143 e. The minimum atomic E-state index is 0.855. The van der Waals surface area contributed by atoms with Gasteiger partial charge in [0.05, 0.1) is 11.1 Å². The third kappa shape index (κ3) is 4.25. The summed E-state index contributed by atoms with van der Waals surface area (Å²) in [7, 11) is 0. The first-order valence-electron chi connectivity index (χ1n) is 17.3. The van der Waals surface area contributed by atoms with Crippen LogP contribution < -0.4 is 4.90 Å². The second-order valence-electron chi connectivity index (χ2n) is 13.3. The van der Waals surface area contributed by atoms with Crippen molar-refractivity contribution in [2.75, 3.05) is 4.90 Å². The summed E-state index contributed by atoms with van der Waals surface area (Å²) in [6, 6.07) is 62.6. The molecule has 0 spiro atoms. The lowest BCUT2D eigenvalue weighted by molar-refractivity contribution is 0.669. The molecule has 2 heterocycles. The van der Waals surface area contributed by atoms with Crippen LogP contribution in [-0.4, -0.2) is 0 Å². The minimum absolute atomic E-state index is 0.855. The van der Waals surface area contributed by atoms with Gasteiger partial charge in [0.2, 0.25) is 0 Å². The van der Waals surface area contributed by atoms with E-state index in [2.05, 4.69) is 169 Å². The highest BCUT2D eigenvalue weighted by Gasteiger charge is 2.22. The van der Waals surface area contributed by atoms with Gasteiger partial charge in [-0.1, -0.05) is 115 Å². The SMILES string of the molecule is c1ccc2c(c1)cc(-c1ccc(N(c3ccc4c(c3)oc3ccccc34)c3cccc4oc5c6ccccc6ccc5c34)cc1)c1ccccc12. The molecule has 0 unspecified atom stereocenters. The van der Waals surface area contributed by atoms with E-state index in [1.165, 1.54) is 32.7 Å². The van der Waals surface area contributed by atoms with Crippen LogP contribution in [0.1, 0.15) is 0 Å². The molecule has 238 valence electrons. The van der Waals surface area contributed by atoms with Crippen molar-refractivity contribution >= 4 is 93.3 Å². The maximum Gasteiger partial charge on any atom is 0.143 e. The van der Waals surface area contributed by atoms with Crippen LogP contribution in [0.4, 0.5) is 17.1 Å². The van der Waals surface area contributed by atoms with E-state index in [1.807, 2.05) is 12.1 Å². The van der Waals surface area contributed by atoms with Gasteiger partial charge >= 0.3 is 0 Å². The van der Waals surface area contributed by atoms with E-state index >= 15 is 0 Å². The second kappa shape index (κ2) is 10.8. The number of fused-ring (bicyclic) bond motifs is 11. The molecule has 0 atom stereocenters. The Kier molecular flexibility index (Phi) is 5.96. The molecule has 11 aromatic rings. The summed E-state index contributed by atoms with van der Waals surface area (Å²) in [5.74, 6) is 0. The molecule has 51 heavy (non-hydrogen) atoms. The van der Waals surface area contributed by atoms with Crippen molar-refractivity contribution in [1.82, 2.24) is 0 Å². The molecule has 0 bridgehead atoms. The predicted octanol–water partition coefficient (Wildman–Crippen LogP) is 14.1. The van der Waals surface area contributed by atoms with Crippen LogP contribution in [0, 0.1) is 0 Å². The highest BCUT2D eigenvalue weighted by molar-refractivity contribution is 6.20. The Hall–Kier alpha value is -6.84. The van der Waals surface area contributed by atoms with Gasteiger partial charge in [-0.15, -0.1) is 0 Å². The molecule has 3 heteroatoms. The lowest BCUT2D eigenvalue weighted by atomic mass is 9.93. The predicted molar refractivity (Wildman–Crippen MR) is 214 cm³/mol. The standard InChI is InChI=1S/C48H29NO2/c1-4-13-36-30(10-1)22-26-41-47-43(17-9-19-45(47)51-48(36)41)49(34-25-27-40-39-16-7-8-18-44(39)50-46(40)29-34)33-23-20-31(21-24-33)42-28-32-11-2-3-12-35(32)37-14-5-6-15-38(37)42/h1-29H. The van der Waals surface area contributed by atoms with Crippen molar-refractivity contribution < 1.29 is 8.83 Å². The maximum absolute atomic E-state index is 6.65. The fraction of sp³-hybridized carbons (Fsp3) is 0. The van der Waals surface area contributed by atoms with Crippen molar-refractivity contribution in [3.05, 3.63) is 176 Å². The van der Waals surface area contributed by atoms with Gasteiger partial charge in [-0.25, -0.2) is 0 Å². The topological polar surface area (TPSA) is 29.5 Å².